The monoisotopic (exact) mass is 483 g/mol. The fraction of sp³-hybridized carbons (Fsp3) is 0.310. The predicted octanol–water partition coefficient (Wildman–Crippen LogP) is 3.77. The number of piperidine rings is 1. The number of carbonyl (C=O) groups excluding carboxylic acids is 4. The number of carbonyl (C=O) groups is 4. The molecule has 3 aromatic rings. The van der Waals surface area contributed by atoms with Crippen LogP contribution in [0, 0.1) is 5.92 Å². The summed E-state index contributed by atoms with van der Waals surface area (Å²) in [6.07, 6.45) is 1.94. The lowest BCUT2D eigenvalue weighted by Gasteiger charge is -2.32. The minimum absolute atomic E-state index is 0.00227. The van der Waals surface area contributed by atoms with Gasteiger partial charge in [-0.15, -0.1) is 0 Å². The van der Waals surface area contributed by atoms with Gasteiger partial charge in [0.15, 0.2) is 0 Å². The Balaban J connectivity index is 1.10. The molecule has 0 bridgehead atoms. The number of imide groups is 1. The highest BCUT2D eigenvalue weighted by atomic mass is 16.2. The van der Waals surface area contributed by atoms with Crippen molar-refractivity contribution in [3.05, 3.63) is 83.4 Å². The Morgan fingerprint density at radius 3 is 2.11 bits per heavy atom. The van der Waals surface area contributed by atoms with Gasteiger partial charge < -0.3 is 10.2 Å². The van der Waals surface area contributed by atoms with Gasteiger partial charge in [0.1, 0.15) is 0 Å². The van der Waals surface area contributed by atoms with E-state index in [1.54, 1.807) is 17.0 Å². The summed E-state index contributed by atoms with van der Waals surface area (Å²) in [5.41, 5.74) is 2.12. The van der Waals surface area contributed by atoms with Gasteiger partial charge in [0, 0.05) is 55.0 Å². The van der Waals surface area contributed by atoms with Crippen LogP contribution in [0.1, 0.15) is 52.0 Å². The SMILES string of the molecule is O=C(NCc1ccccc1)C1CCN(C(=O)CCCN2C(=O)c3cccc4cccc(c34)C2=O)CC1. The minimum Gasteiger partial charge on any atom is -0.352 e. The smallest absolute Gasteiger partial charge is 0.261 e. The molecule has 2 aliphatic rings. The number of nitrogens with one attached hydrogen (secondary N) is 1. The van der Waals surface area contributed by atoms with E-state index in [9.17, 15) is 19.2 Å². The van der Waals surface area contributed by atoms with Crippen molar-refractivity contribution in [2.45, 2.75) is 32.2 Å². The summed E-state index contributed by atoms with van der Waals surface area (Å²) in [6.45, 7) is 1.79. The topological polar surface area (TPSA) is 86.8 Å². The van der Waals surface area contributed by atoms with Gasteiger partial charge in [0.05, 0.1) is 0 Å². The quantitative estimate of drug-likeness (QED) is 0.519. The molecule has 2 heterocycles. The predicted molar refractivity (Wildman–Crippen MR) is 136 cm³/mol. The van der Waals surface area contributed by atoms with E-state index in [0.717, 1.165) is 10.9 Å². The molecular weight excluding hydrogens is 454 g/mol. The third-order valence-corrected chi connectivity index (χ3v) is 7.16. The van der Waals surface area contributed by atoms with Crippen LogP contribution in [0.15, 0.2) is 66.7 Å². The molecule has 0 radical (unpaired) electrons. The van der Waals surface area contributed by atoms with Gasteiger partial charge in [-0.1, -0.05) is 54.6 Å². The maximum atomic E-state index is 13.0. The summed E-state index contributed by atoms with van der Waals surface area (Å²) >= 11 is 0. The van der Waals surface area contributed by atoms with Crippen LogP contribution in [0.5, 0.6) is 0 Å². The highest BCUT2D eigenvalue weighted by Gasteiger charge is 2.33. The highest BCUT2D eigenvalue weighted by Crippen LogP contribution is 2.30. The van der Waals surface area contributed by atoms with Gasteiger partial charge in [-0.3, -0.25) is 24.1 Å². The third-order valence-electron chi connectivity index (χ3n) is 7.16. The number of rotatable bonds is 7. The zero-order chi connectivity index (χ0) is 25.1. The second kappa shape index (κ2) is 10.3. The average Bonchev–Trinajstić information content (AvgIpc) is 2.92. The molecule has 0 saturated carbocycles. The van der Waals surface area contributed by atoms with E-state index in [0.29, 0.717) is 55.4 Å². The van der Waals surface area contributed by atoms with Crippen molar-refractivity contribution in [3.63, 3.8) is 0 Å². The molecule has 0 aliphatic carbocycles. The zero-order valence-corrected chi connectivity index (χ0v) is 20.1. The number of hydrogen-bond acceptors (Lipinski definition) is 4. The molecule has 7 nitrogen and oxygen atoms in total. The molecule has 4 amide bonds. The molecule has 0 unspecified atom stereocenters. The molecule has 2 aliphatic heterocycles. The van der Waals surface area contributed by atoms with E-state index in [-0.39, 0.29) is 42.5 Å². The first-order chi connectivity index (χ1) is 17.5. The van der Waals surface area contributed by atoms with Crippen LogP contribution in [0.3, 0.4) is 0 Å². The van der Waals surface area contributed by atoms with Crippen LogP contribution < -0.4 is 5.32 Å². The van der Waals surface area contributed by atoms with E-state index in [4.69, 9.17) is 0 Å². The lowest BCUT2D eigenvalue weighted by atomic mass is 9.94. The van der Waals surface area contributed by atoms with Gasteiger partial charge in [-0.05, 0) is 42.3 Å². The minimum atomic E-state index is -0.306. The largest absolute Gasteiger partial charge is 0.352 e. The van der Waals surface area contributed by atoms with Gasteiger partial charge in [-0.2, -0.15) is 0 Å². The molecule has 36 heavy (non-hydrogen) atoms. The lowest BCUT2D eigenvalue weighted by Crippen LogP contribution is -2.43. The highest BCUT2D eigenvalue weighted by molar-refractivity contribution is 6.25. The second-order valence-electron chi connectivity index (χ2n) is 9.43. The Bertz CT molecular complexity index is 1260. The van der Waals surface area contributed by atoms with Crippen LogP contribution >= 0.6 is 0 Å². The van der Waals surface area contributed by atoms with E-state index in [1.807, 2.05) is 54.6 Å². The van der Waals surface area contributed by atoms with Gasteiger partial charge >= 0.3 is 0 Å². The number of amides is 4. The van der Waals surface area contributed by atoms with Crippen molar-refractivity contribution in [1.29, 1.82) is 0 Å². The first-order valence-electron chi connectivity index (χ1n) is 12.5. The number of nitrogens with zero attached hydrogens (tertiary/aromatic N) is 2. The van der Waals surface area contributed by atoms with Gasteiger partial charge in [0.2, 0.25) is 11.8 Å². The molecule has 0 aromatic heterocycles. The summed E-state index contributed by atoms with van der Waals surface area (Å²) in [7, 11) is 0. The van der Waals surface area contributed by atoms with E-state index >= 15 is 0 Å². The van der Waals surface area contributed by atoms with Crippen molar-refractivity contribution in [2.75, 3.05) is 19.6 Å². The first-order valence-corrected chi connectivity index (χ1v) is 12.5. The summed E-state index contributed by atoms with van der Waals surface area (Å²) < 4.78 is 0. The Morgan fingerprint density at radius 1 is 0.833 bits per heavy atom. The molecule has 0 atom stereocenters. The molecule has 1 N–H and O–H groups in total. The van der Waals surface area contributed by atoms with Crippen molar-refractivity contribution in [3.8, 4) is 0 Å². The first kappa shape index (κ1) is 23.7. The van der Waals surface area contributed by atoms with Crippen molar-refractivity contribution in [1.82, 2.24) is 15.1 Å². The van der Waals surface area contributed by atoms with Crippen molar-refractivity contribution in [2.24, 2.45) is 5.92 Å². The Labute approximate surface area is 210 Å². The summed E-state index contributed by atoms with van der Waals surface area (Å²) in [5.74, 6) is -0.678. The molecule has 1 saturated heterocycles. The zero-order valence-electron chi connectivity index (χ0n) is 20.1. The molecule has 1 fully saturated rings. The van der Waals surface area contributed by atoms with Gasteiger partial charge in [0.25, 0.3) is 11.8 Å². The Morgan fingerprint density at radius 2 is 1.47 bits per heavy atom. The normalized spacial score (nSPS) is 15.9. The number of hydrogen-bond donors (Lipinski definition) is 1. The van der Waals surface area contributed by atoms with E-state index in [1.165, 1.54) is 4.90 Å². The average molecular weight is 484 g/mol. The lowest BCUT2D eigenvalue weighted by molar-refractivity contribution is -0.135. The maximum Gasteiger partial charge on any atom is 0.261 e. The molecule has 3 aromatic carbocycles. The van der Waals surface area contributed by atoms with Crippen LogP contribution in [-0.4, -0.2) is 53.1 Å². The molecule has 5 rings (SSSR count). The van der Waals surface area contributed by atoms with Crippen molar-refractivity contribution >= 4 is 34.4 Å². The molecule has 184 valence electrons. The van der Waals surface area contributed by atoms with E-state index in [2.05, 4.69) is 5.32 Å². The second-order valence-corrected chi connectivity index (χ2v) is 9.43. The van der Waals surface area contributed by atoms with Crippen LogP contribution in [0.4, 0.5) is 0 Å². The number of likely N-dealkylation sites (tertiary alicyclic amines) is 1. The number of benzene rings is 3. The van der Waals surface area contributed by atoms with Crippen LogP contribution in [-0.2, 0) is 16.1 Å². The maximum absolute atomic E-state index is 13.0. The Kier molecular flexibility index (Phi) is 6.80. The summed E-state index contributed by atoms with van der Waals surface area (Å²) in [6, 6.07) is 20.7. The standard InChI is InChI=1S/C29H29N3O4/c33-25(31-17-14-22(15-18-31)27(34)30-19-20-7-2-1-3-8-20)13-6-16-32-28(35)23-11-4-9-21-10-5-12-24(26(21)23)29(32)36/h1-5,7-12,22H,6,13-19H2,(H,30,34). The van der Waals surface area contributed by atoms with Crippen molar-refractivity contribution < 1.29 is 19.2 Å². The summed E-state index contributed by atoms with van der Waals surface area (Å²) in [4.78, 5) is 54.4. The molecular formula is C29H29N3O4. The fourth-order valence-corrected chi connectivity index (χ4v) is 5.15. The molecule has 0 spiro atoms. The van der Waals surface area contributed by atoms with Gasteiger partial charge in [-0.25, -0.2) is 0 Å². The fourth-order valence-electron chi connectivity index (χ4n) is 5.15. The van der Waals surface area contributed by atoms with E-state index < -0.39 is 0 Å². The summed E-state index contributed by atoms with van der Waals surface area (Å²) in [5, 5.41) is 4.57. The molecule has 7 heteroatoms. The Hall–Kier alpha value is -4.00. The van der Waals surface area contributed by atoms with Crippen LogP contribution in [0.2, 0.25) is 0 Å². The third kappa shape index (κ3) is 4.73. The van der Waals surface area contributed by atoms with Crippen LogP contribution in [0.25, 0.3) is 10.8 Å².